The maximum Gasteiger partial charge on any atom is 0.190 e. The van der Waals surface area contributed by atoms with Crippen molar-refractivity contribution < 1.29 is 14.2 Å². The molecule has 2 aliphatic rings. The van der Waals surface area contributed by atoms with E-state index < -0.39 is 0 Å². The Kier molecular flexibility index (Phi) is 8.23. The maximum absolute atomic E-state index is 5.79. The van der Waals surface area contributed by atoms with Crippen molar-refractivity contribution in [3.63, 3.8) is 0 Å². The van der Waals surface area contributed by atoms with Crippen LogP contribution in [0.3, 0.4) is 0 Å². The summed E-state index contributed by atoms with van der Waals surface area (Å²) in [5.74, 6) is 2.40. The highest BCUT2D eigenvalue weighted by atomic mass is 16.5. The zero-order chi connectivity index (χ0) is 19.6. The summed E-state index contributed by atoms with van der Waals surface area (Å²) in [4.78, 5) is 6.74. The fourth-order valence-corrected chi connectivity index (χ4v) is 3.74. The van der Waals surface area contributed by atoms with E-state index in [1.165, 1.54) is 12.1 Å². The Hall–Kier alpha value is -1.99. The minimum Gasteiger partial charge on any atom is -0.495 e. The lowest BCUT2D eigenvalue weighted by Crippen LogP contribution is -2.40. The number of anilines is 1. The van der Waals surface area contributed by atoms with Crippen LogP contribution in [0.25, 0.3) is 0 Å². The molecule has 7 nitrogen and oxygen atoms in total. The number of hydrogen-bond acceptors (Lipinski definition) is 5. The fraction of sp³-hybridized carbons (Fsp3) is 0.667. The highest BCUT2D eigenvalue weighted by Gasteiger charge is 2.24. The summed E-state index contributed by atoms with van der Waals surface area (Å²) in [6.45, 7) is 6.18. The molecule has 2 N–H and O–H groups in total. The van der Waals surface area contributed by atoms with E-state index in [1.807, 2.05) is 19.2 Å². The molecular formula is C21H34N4O3. The zero-order valence-corrected chi connectivity index (χ0v) is 17.2. The van der Waals surface area contributed by atoms with Gasteiger partial charge in [-0.25, -0.2) is 0 Å². The van der Waals surface area contributed by atoms with Crippen molar-refractivity contribution >= 4 is 11.6 Å². The van der Waals surface area contributed by atoms with Crippen molar-refractivity contribution in [3.8, 4) is 5.75 Å². The van der Waals surface area contributed by atoms with E-state index in [4.69, 9.17) is 14.2 Å². The molecule has 2 saturated heterocycles. The highest BCUT2D eigenvalue weighted by Crippen LogP contribution is 2.31. The second-order valence-electron chi connectivity index (χ2n) is 7.36. The molecule has 0 bridgehead atoms. The van der Waals surface area contributed by atoms with Crippen LogP contribution >= 0.6 is 0 Å². The molecule has 7 heteroatoms. The molecule has 0 radical (unpaired) electrons. The van der Waals surface area contributed by atoms with Crippen molar-refractivity contribution in [1.82, 2.24) is 10.6 Å². The summed E-state index contributed by atoms with van der Waals surface area (Å²) < 4.78 is 16.6. The van der Waals surface area contributed by atoms with Gasteiger partial charge >= 0.3 is 0 Å². The van der Waals surface area contributed by atoms with Crippen LogP contribution in [0.4, 0.5) is 5.69 Å². The summed E-state index contributed by atoms with van der Waals surface area (Å²) in [7, 11) is 3.55. The number of para-hydroxylation sites is 2. The van der Waals surface area contributed by atoms with Crippen molar-refractivity contribution in [3.05, 3.63) is 24.3 Å². The van der Waals surface area contributed by atoms with Crippen LogP contribution in [-0.4, -0.2) is 72.2 Å². The average Bonchev–Trinajstić information content (AvgIpc) is 3.42. The van der Waals surface area contributed by atoms with E-state index in [9.17, 15) is 0 Å². The molecule has 0 spiro atoms. The van der Waals surface area contributed by atoms with E-state index >= 15 is 0 Å². The molecule has 0 aromatic heterocycles. The van der Waals surface area contributed by atoms with Crippen LogP contribution < -0.4 is 20.3 Å². The molecule has 156 valence electrons. The van der Waals surface area contributed by atoms with Crippen LogP contribution in [0.5, 0.6) is 5.75 Å². The second kappa shape index (κ2) is 11.1. The first-order valence-electron chi connectivity index (χ1n) is 10.3. The molecule has 2 heterocycles. The van der Waals surface area contributed by atoms with E-state index in [1.54, 1.807) is 7.11 Å². The summed E-state index contributed by atoms with van der Waals surface area (Å²) >= 11 is 0. The summed E-state index contributed by atoms with van der Waals surface area (Å²) in [5.41, 5.74) is 1.18. The fourth-order valence-electron chi connectivity index (χ4n) is 3.74. The van der Waals surface area contributed by atoms with Crippen LogP contribution in [0.15, 0.2) is 29.3 Å². The van der Waals surface area contributed by atoms with Crippen LogP contribution in [0.2, 0.25) is 0 Å². The minimum absolute atomic E-state index is 0.283. The molecule has 28 heavy (non-hydrogen) atoms. The third kappa shape index (κ3) is 6.01. The normalized spacial score (nSPS) is 22.5. The molecule has 2 aliphatic heterocycles. The molecule has 0 aliphatic carbocycles. The lowest BCUT2D eigenvalue weighted by molar-refractivity contribution is 0.0420. The van der Waals surface area contributed by atoms with E-state index in [2.05, 4.69) is 32.7 Å². The predicted octanol–water partition coefficient (Wildman–Crippen LogP) is 1.88. The van der Waals surface area contributed by atoms with Crippen LogP contribution in [0.1, 0.15) is 19.3 Å². The van der Waals surface area contributed by atoms with Crippen molar-refractivity contribution in [1.29, 1.82) is 0 Å². The van der Waals surface area contributed by atoms with Crippen LogP contribution in [0, 0.1) is 5.92 Å². The first-order valence-corrected chi connectivity index (χ1v) is 10.3. The van der Waals surface area contributed by atoms with Gasteiger partial charge < -0.3 is 29.7 Å². The summed E-state index contributed by atoms with van der Waals surface area (Å²) in [6.07, 6.45) is 3.43. The van der Waals surface area contributed by atoms with Gasteiger partial charge in [0.25, 0.3) is 0 Å². The van der Waals surface area contributed by atoms with E-state index in [-0.39, 0.29) is 6.10 Å². The quantitative estimate of drug-likeness (QED) is 0.381. The SMILES string of the molecule is CN=C(NCCCOC1CCOC1)NCC1CCN(c2ccccc2OC)C1. The van der Waals surface area contributed by atoms with Gasteiger partial charge in [0.1, 0.15) is 5.75 Å². The van der Waals surface area contributed by atoms with Crippen molar-refractivity contribution in [2.24, 2.45) is 10.9 Å². The zero-order valence-electron chi connectivity index (χ0n) is 17.2. The molecule has 0 saturated carbocycles. The molecule has 1 aromatic rings. The molecule has 3 rings (SSSR count). The first-order chi connectivity index (χ1) is 13.8. The largest absolute Gasteiger partial charge is 0.495 e. The third-order valence-electron chi connectivity index (χ3n) is 5.35. The maximum atomic E-state index is 5.79. The van der Waals surface area contributed by atoms with E-state index in [0.29, 0.717) is 5.92 Å². The smallest absolute Gasteiger partial charge is 0.190 e. The van der Waals surface area contributed by atoms with Crippen molar-refractivity contribution in [2.45, 2.75) is 25.4 Å². The number of aliphatic imine (C=N–C) groups is 1. The van der Waals surface area contributed by atoms with E-state index in [0.717, 1.165) is 70.6 Å². The van der Waals surface area contributed by atoms with Gasteiger partial charge in [0.2, 0.25) is 0 Å². The van der Waals surface area contributed by atoms with Crippen molar-refractivity contribution in [2.75, 3.05) is 65.1 Å². The minimum atomic E-state index is 0.283. The Morgan fingerprint density at radius 3 is 2.96 bits per heavy atom. The van der Waals surface area contributed by atoms with Gasteiger partial charge in [-0.2, -0.15) is 0 Å². The third-order valence-corrected chi connectivity index (χ3v) is 5.35. The average molecular weight is 391 g/mol. The number of nitrogens with one attached hydrogen (secondary N) is 2. The van der Waals surface area contributed by atoms with Gasteiger partial charge in [0.15, 0.2) is 5.96 Å². The highest BCUT2D eigenvalue weighted by molar-refractivity contribution is 5.79. The standard InChI is InChI=1S/C21H34N4O3/c1-22-21(23-10-5-12-28-18-9-13-27-16-18)24-14-17-8-11-25(15-17)19-6-3-4-7-20(19)26-2/h3-4,6-7,17-18H,5,8-16H2,1-2H3,(H2,22,23,24). The Labute approximate surface area is 168 Å². The summed E-state index contributed by atoms with van der Waals surface area (Å²) in [6, 6.07) is 8.24. The molecule has 2 atom stereocenters. The van der Waals surface area contributed by atoms with Gasteiger partial charge in [0.05, 0.1) is 25.5 Å². The molecule has 2 unspecified atom stereocenters. The second-order valence-corrected chi connectivity index (χ2v) is 7.36. The number of guanidine groups is 1. The van der Waals surface area contributed by atoms with Gasteiger partial charge in [0, 0.05) is 46.4 Å². The number of benzene rings is 1. The molecule has 0 amide bonds. The Morgan fingerprint density at radius 2 is 2.18 bits per heavy atom. The van der Waals surface area contributed by atoms with Crippen LogP contribution in [-0.2, 0) is 9.47 Å². The number of rotatable bonds is 9. The summed E-state index contributed by atoms with van der Waals surface area (Å²) in [5, 5.41) is 6.84. The van der Waals surface area contributed by atoms with Gasteiger partial charge in [-0.3, -0.25) is 4.99 Å². The Bertz CT molecular complexity index is 619. The Balaban J connectivity index is 1.32. The lowest BCUT2D eigenvalue weighted by Gasteiger charge is -2.21. The Morgan fingerprint density at radius 1 is 1.29 bits per heavy atom. The molecule has 2 fully saturated rings. The molecular weight excluding hydrogens is 356 g/mol. The van der Waals surface area contributed by atoms with Gasteiger partial charge in [-0.05, 0) is 37.3 Å². The monoisotopic (exact) mass is 390 g/mol. The number of nitrogens with zero attached hydrogens (tertiary/aromatic N) is 2. The first kappa shape index (κ1) is 20.7. The number of ether oxygens (including phenoxy) is 3. The number of methoxy groups -OCH3 is 1. The molecule has 1 aromatic carbocycles. The number of hydrogen-bond donors (Lipinski definition) is 2. The predicted molar refractivity (Wildman–Crippen MR) is 112 cm³/mol. The van der Waals surface area contributed by atoms with Gasteiger partial charge in [-0.15, -0.1) is 0 Å². The lowest BCUT2D eigenvalue weighted by atomic mass is 10.1. The van der Waals surface area contributed by atoms with Gasteiger partial charge in [-0.1, -0.05) is 12.1 Å². The topological polar surface area (TPSA) is 67.4 Å².